The summed E-state index contributed by atoms with van der Waals surface area (Å²) in [5.41, 5.74) is 1.23. The fraction of sp³-hybridized carbons (Fsp3) is 0.739. The van der Waals surface area contributed by atoms with Gasteiger partial charge in [-0.3, -0.25) is 14.5 Å². The molecule has 1 N–H and O–H groups in total. The first-order chi connectivity index (χ1) is 14.6. The summed E-state index contributed by atoms with van der Waals surface area (Å²) in [6.45, 7) is 7.83. The van der Waals surface area contributed by atoms with E-state index in [-0.39, 0.29) is 17.7 Å². The molecule has 1 aromatic rings. The Bertz CT molecular complexity index is 734. The predicted octanol–water partition coefficient (Wildman–Crippen LogP) is 2.23. The number of carbonyl (C=O) groups excluding carboxylic acids is 2. The van der Waals surface area contributed by atoms with E-state index in [2.05, 4.69) is 28.2 Å². The van der Waals surface area contributed by atoms with Crippen molar-refractivity contribution in [3.63, 3.8) is 0 Å². The molecule has 4 rings (SSSR count). The zero-order valence-corrected chi connectivity index (χ0v) is 19.1. The molecule has 2 amide bonds. The van der Waals surface area contributed by atoms with E-state index in [9.17, 15) is 9.59 Å². The van der Waals surface area contributed by atoms with Crippen LogP contribution in [0.5, 0.6) is 0 Å². The van der Waals surface area contributed by atoms with Crippen molar-refractivity contribution in [1.82, 2.24) is 20.0 Å². The van der Waals surface area contributed by atoms with E-state index in [1.807, 2.05) is 4.90 Å². The molecule has 0 radical (unpaired) electrons. The number of likely N-dealkylation sites (N-methyl/N-ethyl adjacent to an activating group) is 1. The van der Waals surface area contributed by atoms with Gasteiger partial charge < -0.3 is 15.1 Å². The van der Waals surface area contributed by atoms with Crippen molar-refractivity contribution < 1.29 is 9.59 Å². The largest absolute Gasteiger partial charge is 0.355 e. The van der Waals surface area contributed by atoms with E-state index < -0.39 is 0 Å². The SMILES string of the molecule is CN1CCN(CCNC(=O)[C@@H]2CCc3sc(C(=O)N4CCCCCC4)cc3C2)CC1. The second-order valence-electron chi connectivity index (χ2n) is 9.14. The lowest BCUT2D eigenvalue weighted by molar-refractivity contribution is -0.125. The molecule has 0 bridgehead atoms. The van der Waals surface area contributed by atoms with E-state index in [1.165, 1.54) is 23.3 Å². The first-order valence-corrected chi connectivity index (χ1v) is 12.5. The summed E-state index contributed by atoms with van der Waals surface area (Å²) < 4.78 is 0. The summed E-state index contributed by atoms with van der Waals surface area (Å²) >= 11 is 1.66. The summed E-state index contributed by atoms with van der Waals surface area (Å²) in [5, 5.41) is 3.16. The van der Waals surface area contributed by atoms with E-state index in [1.54, 1.807) is 11.3 Å². The van der Waals surface area contributed by atoms with Crippen LogP contribution in [0, 0.1) is 5.92 Å². The Balaban J connectivity index is 1.27. The number of piperazine rings is 1. The summed E-state index contributed by atoms with van der Waals surface area (Å²) in [4.78, 5) is 34.7. The summed E-state index contributed by atoms with van der Waals surface area (Å²) in [6.07, 6.45) is 7.29. The smallest absolute Gasteiger partial charge is 0.263 e. The number of aryl methyl sites for hydroxylation is 1. The highest BCUT2D eigenvalue weighted by molar-refractivity contribution is 7.14. The van der Waals surface area contributed by atoms with Gasteiger partial charge in [-0.25, -0.2) is 0 Å². The molecule has 0 unspecified atom stereocenters. The molecule has 6 nitrogen and oxygen atoms in total. The second-order valence-corrected chi connectivity index (χ2v) is 10.3. The van der Waals surface area contributed by atoms with E-state index in [0.29, 0.717) is 0 Å². The highest BCUT2D eigenvalue weighted by Gasteiger charge is 2.28. The molecular weight excluding hydrogens is 396 g/mol. The van der Waals surface area contributed by atoms with Crippen LogP contribution in [0.25, 0.3) is 0 Å². The van der Waals surface area contributed by atoms with Gasteiger partial charge in [0.15, 0.2) is 0 Å². The Morgan fingerprint density at radius 1 is 1.07 bits per heavy atom. The third kappa shape index (κ3) is 5.42. The molecule has 30 heavy (non-hydrogen) atoms. The maximum Gasteiger partial charge on any atom is 0.263 e. The van der Waals surface area contributed by atoms with Crippen molar-refractivity contribution in [3.05, 3.63) is 21.4 Å². The van der Waals surface area contributed by atoms with Crippen LogP contribution in [-0.2, 0) is 17.6 Å². The minimum absolute atomic E-state index is 0.0423. The average molecular weight is 433 g/mol. The van der Waals surface area contributed by atoms with Crippen molar-refractivity contribution in [2.24, 2.45) is 5.92 Å². The fourth-order valence-corrected chi connectivity index (χ4v) is 6.01. The maximum atomic E-state index is 12.9. The number of hydrogen-bond donors (Lipinski definition) is 1. The minimum Gasteiger partial charge on any atom is -0.355 e. The van der Waals surface area contributed by atoms with Crippen LogP contribution in [-0.4, -0.2) is 85.9 Å². The first-order valence-electron chi connectivity index (χ1n) is 11.7. The van der Waals surface area contributed by atoms with Gasteiger partial charge in [0.1, 0.15) is 0 Å². The van der Waals surface area contributed by atoms with E-state index in [4.69, 9.17) is 0 Å². The van der Waals surface area contributed by atoms with Crippen molar-refractivity contribution in [2.45, 2.75) is 44.9 Å². The standard InChI is InChI=1S/C23H36N4O2S/c1-25-12-14-26(15-13-25)11-8-24-22(28)18-6-7-20-19(16-18)17-21(30-20)23(29)27-9-4-2-3-5-10-27/h17-18H,2-16H2,1H3,(H,24,28)/t18-/m1/s1. The second kappa shape index (κ2) is 10.2. The predicted molar refractivity (Wildman–Crippen MR) is 121 cm³/mol. The number of nitrogens with one attached hydrogen (secondary N) is 1. The number of fused-ring (bicyclic) bond motifs is 1. The molecule has 3 heterocycles. The molecule has 0 spiro atoms. The van der Waals surface area contributed by atoms with Crippen LogP contribution >= 0.6 is 11.3 Å². The molecule has 0 aromatic carbocycles. The fourth-order valence-electron chi connectivity index (χ4n) is 4.84. The van der Waals surface area contributed by atoms with Crippen LogP contribution in [0.2, 0.25) is 0 Å². The van der Waals surface area contributed by atoms with Crippen LogP contribution in [0.4, 0.5) is 0 Å². The molecule has 0 saturated carbocycles. The highest BCUT2D eigenvalue weighted by Crippen LogP contribution is 2.33. The molecule has 3 aliphatic rings. The van der Waals surface area contributed by atoms with Crippen LogP contribution in [0.3, 0.4) is 0 Å². The Labute approximate surface area is 184 Å². The van der Waals surface area contributed by atoms with Gasteiger partial charge in [0.05, 0.1) is 4.88 Å². The number of likely N-dealkylation sites (tertiary alicyclic amines) is 1. The number of amides is 2. The number of rotatable bonds is 5. The summed E-state index contributed by atoms with van der Waals surface area (Å²) in [6, 6.07) is 2.08. The topological polar surface area (TPSA) is 55.9 Å². The van der Waals surface area contributed by atoms with Crippen LogP contribution in [0.1, 0.15) is 52.2 Å². The number of thiophene rings is 1. The Hall–Kier alpha value is -1.44. The van der Waals surface area contributed by atoms with Gasteiger partial charge in [-0.1, -0.05) is 12.8 Å². The van der Waals surface area contributed by atoms with Crippen molar-refractivity contribution in [2.75, 3.05) is 59.4 Å². The molecule has 2 saturated heterocycles. The molecule has 2 fully saturated rings. The van der Waals surface area contributed by atoms with Gasteiger partial charge >= 0.3 is 0 Å². The zero-order valence-electron chi connectivity index (χ0n) is 18.3. The van der Waals surface area contributed by atoms with Crippen LogP contribution < -0.4 is 5.32 Å². The van der Waals surface area contributed by atoms with Crippen LogP contribution in [0.15, 0.2) is 6.07 Å². The summed E-state index contributed by atoms with van der Waals surface area (Å²) in [5.74, 6) is 0.423. The number of hydrogen-bond acceptors (Lipinski definition) is 5. The molecular formula is C23H36N4O2S. The van der Waals surface area contributed by atoms with Gasteiger partial charge in [-0.05, 0) is 50.8 Å². The average Bonchev–Trinajstić information content (AvgIpc) is 2.99. The third-order valence-corrected chi connectivity index (χ3v) is 8.11. The Kier molecular flexibility index (Phi) is 7.44. The van der Waals surface area contributed by atoms with Gasteiger partial charge in [0, 0.05) is 63.2 Å². The summed E-state index contributed by atoms with van der Waals surface area (Å²) in [7, 11) is 2.16. The molecule has 7 heteroatoms. The lowest BCUT2D eigenvalue weighted by atomic mass is 9.87. The van der Waals surface area contributed by atoms with E-state index in [0.717, 1.165) is 89.3 Å². The molecule has 1 atom stereocenters. The maximum absolute atomic E-state index is 12.9. The van der Waals surface area contributed by atoms with Crippen molar-refractivity contribution in [1.29, 1.82) is 0 Å². The lowest BCUT2D eigenvalue weighted by Gasteiger charge is -2.32. The number of carbonyl (C=O) groups is 2. The monoisotopic (exact) mass is 432 g/mol. The van der Waals surface area contributed by atoms with Crippen molar-refractivity contribution >= 4 is 23.2 Å². The molecule has 166 valence electrons. The van der Waals surface area contributed by atoms with Gasteiger partial charge in [0.25, 0.3) is 5.91 Å². The molecule has 1 aliphatic carbocycles. The normalized spacial score (nSPS) is 23.6. The zero-order chi connectivity index (χ0) is 20.9. The first kappa shape index (κ1) is 21.8. The highest BCUT2D eigenvalue weighted by atomic mass is 32.1. The lowest BCUT2D eigenvalue weighted by Crippen LogP contribution is -2.47. The van der Waals surface area contributed by atoms with Gasteiger partial charge in [0.2, 0.25) is 5.91 Å². The number of nitrogens with zero attached hydrogens (tertiary/aromatic N) is 3. The van der Waals surface area contributed by atoms with Gasteiger partial charge in [-0.2, -0.15) is 0 Å². The van der Waals surface area contributed by atoms with Crippen molar-refractivity contribution in [3.8, 4) is 0 Å². The van der Waals surface area contributed by atoms with E-state index >= 15 is 0 Å². The third-order valence-electron chi connectivity index (χ3n) is 6.88. The molecule has 1 aromatic heterocycles. The Morgan fingerprint density at radius 2 is 1.80 bits per heavy atom. The quantitative estimate of drug-likeness (QED) is 0.775. The molecule has 2 aliphatic heterocycles. The van der Waals surface area contributed by atoms with Gasteiger partial charge in [-0.15, -0.1) is 11.3 Å². The Morgan fingerprint density at radius 3 is 2.53 bits per heavy atom. The minimum atomic E-state index is 0.0423.